The maximum Gasteiger partial charge on any atom is -0.0134 e. The molecule has 0 radical (unpaired) electrons. The summed E-state index contributed by atoms with van der Waals surface area (Å²) >= 11 is 8.40. The van der Waals surface area contributed by atoms with Gasteiger partial charge in [0.1, 0.15) is 33.7 Å². The first-order chi connectivity index (χ1) is 55.7. The number of carbonyl (C=O) groups excluding carboxylic acids is 4. The smallest absolute Gasteiger partial charge is 0.0134 e. The van der Waals surface area contributed by atoms with E-state index in [1.165, 1.54) is 51.6 Å². The number of thioether (sulfide) groups is 2. The summed E-state index contributed by atoms with van der Waals surface area (Å²) in [4.78, 5) is 74.3. The van der Waals surface area contributed by atoms with Crippen molar-refractivity contribution in [3.8, 4) is 24.2 Å². The second-order valence-corrected chi connectivity index (χ2v) is 37.6. The third kappa shape index (κ3) is 26.4. The Labute approximate surface area is 734 Å². The molecule has 0 bridgehead atoms. The third-order valence-electron chi connectivity index (χ3n) is 17.2. The Morgan fingerprint density at radius 1 is 0.496 bits per heavy atom. The summed E-state index contributed by atoms with van der Waals surface area (Å²) in [7, 11) is 12.2. The molecule has 2 aliphatic heterocycles. The number of pyridine rings is 2. The Kier molecular flexibility index (Phi) is 38.2. The largest absolute Gasteiger partial charge is 0.0622 e. The zero-order valence-electron chi connectivity index (χ0n) is 63.0. The molecule has 8 heterocycles. The molecule has 0 saturated heterocycles. The van der Waals surface area contributed by atoms with Gasteiger partial charge >= 0.3 is 35.0 Å². The number of carbonyl (C=O) groups is 4. The van der Waals surface area contributed by atoms with Gasteiger partial charge in [0.2, 0.25) is 11.6 Å². The number of aromatic nitrogens is 8. The van der Waals surface area contributed by atoms with Gasteiger partial charge in [-0.2, -0.15) is 0 Å². The monoisotopic (exact) mass is 1900 g/mol. The number of amides is 4. The van der Waals surface area contributed by atoms with Crippen LogP contribution in [0.2, 0.25) is 0 Å². The minimum absolute atomic E-state index is 0. The topological polar surface area (TPSA) is 208 Å². The van der Waals surface area contributed by atoms with E-state index in [0.29, 0.717) is 36.0 Å². The van der Waals surface area contributed by atoms with Crippen LogP contribution < -0.4 is 52.3 Å². The first-order valence-corrected chi connectivity index (χ1v) is 46.8. The van der Waals surface area contributed by atoms with Crippen molar-refractivity contribution in [2.24, 2.45) is 0 Å². The van der Waals surface area contributed by atoms with Crippen molar-refractivity contribution >= 4 is 169 Å². The second-order valence-electron chi connectivity index (χ2n) is 24.9. The van der Waals surface area contributed by atoms with Crippen LogP contribution in [0.5, 0.6) is 0 Å². The summed E-state index contributed by atoms with van der Waals surface area (Å²) in [5.41, 5.74) is 6.11. The second kappa shape index (κ2) is 48.2. The number of halogens is 3. The molecule has 0 aliphatic carbocycles. The van der Waals surface area contributed by atoms with Crippen LogP contribution in [0.15, 0.2) is 301 Å². The molecule has 0 saturated carbocycles. The predicted molar refractivity (Wildman–Crippen MR) is 497 cm³/mol. The summed E-state index contributed by atoms with van der Waals surface area (Å²) in [5, 5.41) is 29.5. The molecule has 16 nitrogen and oxygen atoms in total. The Bertz CT molecular complexity index is 5210. The van der Waals surface area contributed by atoms with Crippen LogP contribution in [0.3, 0.4) is 0 Å². The molecule has 2 atom stereocenters. The van der Waals surface area contributed by atoms with Crippen LogP contribution in [-0.2, 0) is 38.4 Å². The number of anilines is 2. The molecule has 117 heavy (non-hydrogen) atoms. The van der Waals surface area contributed by atoms with Crippen molar-refractivity contribution in [2.75, 3.05) is 35.4 Å². The summed E-state index contributed by atoms with van der Waals surface area (Å²) in [6, 6.07) is 90.2. The molecule has 600 valence electrons. The van der Waals surface area contributed by atoms with E-state index in [0.717, 1.165) is 52.5 Å². The fraction of sp³-hybridized carbons (Fsp3) is 0.132. The van der Waals surface area contributed by atoms with E-state index in [4.69, 9.17) is 25.5 Å². The minimum atomic E-state index is -0.700. The molecule has 2 aliphatic rings. The molecular weight excluding hydrogens is 1820 g/mol. The van der Waals surface area contributed by atoms with Crippen LogP contribution in [0.4, 0.5) is 10.0 Å². The van der Waals surface area contributed by atoms with E-state index < -0.39 is 39.7 Å². The van der Waals surface area contributed by atoms with E-state index in [-0.39, 0.29) is 61.7 Å². The molecular formula is C91H86Cl2IN12O4P2PdS4-. The third-order valence-corrected chi connectivity index (χ3v) is 28.8. The minimum Gasteiger partial charge on any atom is -0.0622 e. The van der Waals surface area contributed by atoms with Crippen molar-refractivity contribution in [3.05, 3.63) is 364 Å². The molecule has 6 aromatic heterocycles. The Morgan fingerprint density at radius 3 is 1.13 bits per heavy atom. The van der Waals surface area contributed by atoms with Gasteiger partial charge in [-0.1, -0.05) is 275 Å². The van der Waals surface area contributed by atoms with E-state index in [9.17, 15) is 19.2 Å². The SMILES string of the molecule is C.C.C#Cc1ccncc1.Cc1c(C#Cc2ccncc2)sc2c1SC[C@H](NC(=O)c1n[nH]c(Cc3ccccc3)n1)C(=O)N2C.Cc1c(I)sc2c1SC[C@H](NC(=O)c1n[nH]c(Cc3ccccc3)n1)C(=O)N2C.[CH3-].[Cl][Pd][Cl].c1ccc(P(c2ccccc2)c2ccccc2)cc1.c1ccc(P(c2ccccc2)c2ccccc2)cc1. The van der Waals surface area contributed by atoms with E-state index >= 15 is 0 Å². The number of hydrogen-bond donors (Lipinski definition) is 4. The van der Waals surface area contributed by atoms with Crippen LogP contribution in [-0.4, -0.2) is 102 Å². The normalized spacial score (nSPS) is 12.9. The van der Waals surface area contributed by atoms with Crippen LogP contribution in [0.1, 0.15) is 86.0 Å². The maximum absolute atomic E-state index is 13.2. The summed E-state index contributed by atoms with van der Waals surface area (Å²) < 4.78 is 1.17. The van der Waals surface area contributed by atoms with Crippen molar-refractivity contribution < 1.29 is 35.1 Å². The van der Waals surface area contributed by atoms with E-state index in [1.54, 1.807) is 95.7 Å². The number of nitrogens with zero attached hydrogens (tertiary/aromatic N) is 8. The summed E-state index contributed by atoms with van der Waals surface area (Å²) in [6.07, 6.45) is 12.9. The van der Waals surface area contributed by atoms with Gasteiger partial charge in [0.15, 0.2) is 0 Å². The molecule has 0 spiro atoms. The zero-order valence-corrected chi connectivity index (χ0v) is 73.2. The quantitative estimate of drug-likeness (QED) is 0.0264. The van der Waals surface area contributed by atoms with Gasteiger partial charge in [0.25, 0.3) is 23.6 Å². The standard InChI is InChI=1S/C26H22N6O2S2.C19H18IN5O2S2.2C18H15P.C7H5N.2CH4.CH3.2ClH.Pd/c1-16-20(9-8-17-10-12-27-13-11-17)36-26-22(16)35-15-19(25(34)32(26)2)28-24(33)23-29-21(30-31-23)14-18-6-4-3-5-7-18;1-10-14-19(29-15(10)20)25(2)18(27)12(9-28-14)21-17(26)16-22-13(23-24-16)8-11-6-4-3-5-7-11;2*1-4-10-16(11-5-1)19(17-12-6-2-7-13-17)18-14-8-3-9-15-18;1-2-7-3-5-8-6-4-7;;;;;;/h3-7,10-13,19H,14-15H2,1-2H3,(H,28,33)(H,29,30,31);3-7,12H,8-9H2,1-2H3,(H,21,26)(H,22,23,24);2*1-15H;1,3-6H;2*1H4;1H3;2*1H;/q;;;;;;;-1;;;+2/p-2/t19-;12-;;;;;;;;;/m00........./s1. The van der Waals surface area contributed by atoms with Crippen LogP contribution in [0.25, 0.3) is 0 Å². The van der Waals surface area contributed by atoms with Crippen LogP contribution >= 0.6 is 104 Å². The number of hydrogen-bond acceptors (Lipinski definition) is 14. The average molecular weight is 1910 g/mol. The van der Waals surface area contributed by atoms with Gasteiger partial charge in [-0.05, 0) is 131 Å². The average Bonchev–Trinajstić information content (AvgIpc) is 1.72. The molecule has 8 aromatic carbocycles. The molecule has 14 aromatic rings. The summed E-state index contributed by atoms with van der Waals surface area (Å²) in [5.74, 6) is 9.73. The first-order valence-electron chi connectivity index (χ1n) is 35.4. The molecule has 26 heteroatoms. The number of nitrogens with one attached hydrogen (secondary N) is 4. The van der Waals surface area contributed by atoms with Crippen molar-refractivity contribution in [3.63, 3.8) is 0 Å². The van der Waals surface area contributed by atoms with Gasteiger partial charge in [-0.15, -0.1) is 62.8 Å². The number of aromatic amines is 2. The van der Waals surface area contributed by atoms with Gasteiger partial charge in [-0.3, -0.25) is 39.3 Å². The molecule has 4 amide bonds. The maximum atomic E-state index is 13.2. The Morgan fingerprint density at radius 2 is 0.803 bits per heavy atom. The van der Waals surface area contributed by atoms with Crippen molar-refractivity contribution in [1.29, 1.82) is 0 Å². The van der Waals surface area contributed by atoms with Crippen molar-refractivity contribution in [2.45, 2.75) is 63.4 Å². The number of rotatable bonds is 14. The van der Waals surface area contributed by atoms with E-state index in [2.05, 4.69) is 280 Å². The first kappa shape index (κ1) is 92.8. The fourth-order valence-corrected chi connectivity index (χ4v) is 22.2. The fourth-order valence-electron chi connectivity index (χ4n) is 11.5. The van der Waals surface area contributed by atoms with E-state index in [1.807, 2.05) is 79.7 Å². The molecule has 4 N–H and O–H groups in total. The van der Waals surface area contributed by atoms with Gasteiger partial charge in [0.05, 0.1) is 7.76 Å². The number of terminal acetylenes is 1. The number of likely N-dealkylation sites (N-methyl/N-ethyl adjacent to an activating group) is 2. The Balaban J connectivity index is 0.000000190. The van der Waals surface area contributed by atoms with Crippen molar-refractivity contribution in [1.82, 2.24) is 51.0 Å². The zero-order chi connectivity index (χ0) is 80.0. The number of fused-ring (bicyclic) bond motifs is 2. The number of thiophene rings is 2. The number of benzene rings is 8. The molecule has 16 rings (SSSR count). The molecule has 0 unspecified atom stereocenters. The Hall–Kier alpha value is -9.73. The van der Waals surface area contributed by atoms with Gasteiger partial charge in [-0.25, -0.2) is 9.97 Å². The van der Waals surface area contributed by atoms with Gasteiger partial charge in [0, 0.05) is 84.1 Å². The predicted octanol–water partition coefficient (Wildman–Crippen LogP) is 17.7. The number of H-pyrrole nitrogens is 2. The van der Waals surface area contributed by atoms with Gasteiger partial charge < -0.3 is 27.9 Å². The van der Waals surface area contributed by atoms with Crippen LogP contribution in [0, 0.1) is 48.3 Å². The molecule has 0 fully saturated rings. The summed E-state index contributed by atoms with van der Waals surface area (Å²) in [6.45, 7) is 4.07.